The van der Waals surface area contributed by atoms with Crippen LogP contribution in [-0.4, -0.2) is 52.2 Å². The Bertz CT molecular complexity index is 1060. The molecule has 0 N–H and O–H groups in total. The molecular formula is C26H32N4O. The Morgan fingerprint density at radius 1 is 1.13 bits per heavy atom. The van der Waals surface area contributed by atoms with Gasteiger partial charge in [0.15, 0.2) is 0 Å². The minimum absolute atomic E-state index is 0.286. The summed E-state index contributed by atoms with van der Waals surface area (Å²) >= 11 is 0. The average molecular weight is 417 g/mol. The SMILES string of the molecule is CCN1C[C@@H](CN(C)Cc2cn(-c3cc(C)ccc3C)nc2-c2ccccc2)CC1=O. The molecule has 0 aliphatic carbocycles. The van der Waals surface area contributed by atoms with Crippen LogP contribution in [-0.2, 0) is 11.3 Å². The molecule has 1 saturated heterocycles. The van der Waals surface area contributed by atoms with Crippen molar-refractivity contribution in [2.75, 3.05) is 26.7 Å². The Kier molecular flexibility index (Phi) is 6.23. The van der Waals surface area contributed by atoms with Crippen molar-refractivity contribution in [3.8, 4) is 16.9 Å². The lowest BCUT2D eigenvalue weighted by molar-refractivity contribution is -0.127. The van der Waals surface area contributed by atoms with E-state index in [1.165, 1.54) is 16.7 Å². The van der Waals surface area contributed by atoms with Gasteiger partial charge < -0.3 is 9.80 Å². The predicted molar refractivity (Wildman–Crippen MR) is 125 cm³/mol. The second kappa shape index (κ2) is 9.06. The van der Waals surface area contributed by atoms with E-state index in [0.717, 1.165) is 43.1 Å². The Labute approximate surface area is 185 Å². The molecule has 2 heterocycles. The van der Waals surface area contributed by atoms with E-state index < -0.39 is 0 Å². The van der Waals surface area contributed by atoms with E-state index >= 15 is 0 Å². The van der Waals surface area contributed by atoms with E-state index in [2.05, 4.69) is 81.4 Å². The molecule has 0 unspecified atom stereocenters. The first-order valence-corrected chi connectivity index (χ1v) is 11.1. The largest absolute Gasteiger partial charge is 0.343 e. The van der Waals surface area contributed by atoms with Gasteiger partial charge in [0, 0.05) is 49.9 Å². The van der Waals surface area contributed by atoms with Crippen molar-refractivity contribution in [1.82, 2.24) is 19.6 Å². The van der Waals surface area contributed by atoms with Crippen LogP contribution in [0.2, 0.25) is 0 Å². The summed E-state index contributed by atoms with van der Waals surface area (Å²) < 4.78 is 2.02. The first-order valence-electron chi connectivity index (χ1n) is 11.1. The molecule has 5 heteroatoms. The maximum Gasteiger partial charge on any atom is 0.222 e. The minimum Gasteiger partial charge on any atom is -0.343 e. The van der Waals surface area contributed by atoms with Gasteiger partial charge in [-0.1, -0.05) is 42.5 Å². The number of carbonyl (C=O) groups is 1. The van der Waals surface area contributed by atoms with Crippen LogP contribution in [0.1, 0.15) is 30.0 Å². The first kappa shape index (κ1) is 21.3. The maximum atomic E-state index is 12.1. The smallest absolute Gasteiger partial charge is 0.222 e. The molecule has 0 bridgehead atoms. The lowest BCUT2D eigenvalue weighted by atomic mass is 10.1. The van der Waals surface area contributed by atoms with Gasteiger partial charge in [-0.3, -0.25) is 4.79 Å². The molecule has 5 nitrogen and oxygen atoms in total. The highest BCUT2D eigenvalue weighted by Gasteiger charge is 2.29. The van der Waals surface area contributed by atoms with Gasteiger partial charge in [-0.05, 0) is 50.9 Å². The summed E-state index contributed by atoms with van der Waals surface area (Å²) in [5.41, 5.74) is 6.89. The van der Waals surface area contributed by atoms with Crippen LogP contribution in [0.15, 0.2) is 54.7 Å². The first-order chi connectivity index (χ1) is 14.9. The molecule has 0 saturated carbocycles. The number of rotatable bonds is 7. The van der Waals surface area contributed by atoms with Gasteiger partial charge in [-0.2, -0.15) is 5.10 Å². The zero-order valence-corrected chi connectivity index (χ0v) is 19.0. The van der Waals surface area contributed by atoms with Crippen molar-refractivity contribution in [3.05, 3.63) is 71.4 Å². The van der Waals surface area contributed by atoms with Crippen molar-refractivity contribution in [2.24, 2.45) is 5.92 Å². The molecular weight excluding hydrogens is 384 g/mol. The van der Waals surface area contributed by atoms with Crippen LogP contribution in [0, 0.1) is 19.8 Å². The van der Waals surface area contributed by atoms with Gasteiger partial charge in [0.2, 0.25) is 5.91 Å². The van der Waals surface area contributed by atoms with E-state index in [4.69, 9.17) is 5.10 Å². The number of carbonyl (C=O) groups excluding carboxylic acids is 1. The second-order valence-corrected chi connectivity index (χ2v) is 8.80. The number of aromatic nitrogens is 2. The van der Waals surface area contributed by atoms with Crippen LogP contribution in [0.3, 0.4) is 0 Å². The van der Waals surface area contributed by atoms with Crippen LogP contribution >= 0.6 is 0 Å². The highest BCUT2D eigenvalue weighted by Crippen LogP contribution is 2.27. The molecule has 1 atom stereocenters. The minimum atomic E-state index is 0.286. The van der Waals surface area contributed by atoms with Gasteiger partial charge in [0.05, 0.1) is 11.4 Å². The van der Waals surface area contributed by atoms with E-state index in [1.54, 1.807) is 0 Å². The zero-order chi connectivity index (χ0) is 22.0. The van der Waals surface area contributed by atoms with Gasteiger partial charge in [0.1, 0.15) is 0 Å². The Hall–Kier alpha value is -2.92. The summed E-state index contributed by atoms with van der Waals surface area (Å²) in [5.74, 6) is 0.681. The Morgan fingerprint density at radius 2 is 1.90 bits per heavy atom. The fraction of sp³-hybridized carbons (Fsp3) is 0.385. The molecule has 1 aliphatic heterocycles. The second-order valence-electron chi connectivity index (χ2n) is 8.80. The number of hydrogen-bond acceptors (Lipinski definition) is 3. The summed E-state index contributed by atoms with van der Waals surface area (Å²) in [6, 6.07) is 16.9. The van der Waals surface area contributed by atoms with E-state index in [-0.39, 0.29) is 5.91 Å². The third kappa shape index (κ3) is 4.72. The van der Waals surface area contributed by atoms with Gasteiger partial charge in [0.25, 0.3) is 0 Å². The molecule has 2 aromatic carbocycles. The molecule has 0 spiro atoms. The highest BCUT2D eigenvalue weighted by atomic mass is 16.2. The summed E-state index contributed by atoms with van der Waals surface area (Å²) in [5, 5.41) is 5.00. The van der Waals surface area contributed by atoms with Crippen molar-refractivity contribution >= 4 is 5.91 Å². The van der Waals surface area contributed by atoms with Crippen molar-refractivity contribution in [3.63, 3.8) is 0 Å². The van der Waals surface area contributed by atoms with Crippen LogP contribution < -0.4 is 0 Å². The summed E-state index contributed by atoms with van der Waals surface area (Å²) in [6.07, 6.45) is 2.82. The third-order valence-electron chi connectivity index (χ3n) is 6.14. The van der Waals surface area contributed by atoms with Crippen LogP contribution in [0.5, 0.6) is 0 Å². The normalized spacial score (nSPS) is 16.5. The molecule has 31 heavy (non-hydrogen) atoms. The Balaban J connectivity index is 1.61. The molecule has 162 valence electrons. The molecule has 1 aliphatic rings. The van der Waals surface area contributed by atoms with Crippen molar-refractivity contribution in [1.29, 1.82) is 0 Å². The van der Waals surface area contributed by atoms with E-state index in [1.807, 2.05) is 15.6 Å². The van der Waals surface area contributed by atoms with Gasteiger partial charge >= 0.3 is 0 Å². The topological polar surface area (TPSA) is 41.4 Å². The lowest BCUT2D eigenvalue weighted by Gasteiger charge is -2.21. The quantitative estimate of drug-likeness (QED) is 0.571. The van der Waals surface area contributed by atoms with Gasteiger partial charge in [-0.25, -0.2) is 4.68 Å². The third-order valence-corrected chi connectivity index (χ3v) is 6.14. The summed E-state index contributed by atoms with van der Waals surface area (Å²) in [4.78, 5) is 16.4. The number of likely N-dealkylation sites (tertiary alicyclic amines) is 1. The number of benzene rings is 2. The predicted octanol–water partition coefficient (Wildman–Crippen LogP) is 4.46. The van der Waals surface area contributed by atoms with Crippen LogP contribution in [0.25, 0.3) is 16.9 Å². The standard InChI is InChI=1S/C26H32N4O/c1-5-29-16-21(14-25(29)31)15-28(4)17-23-18-30(24-13-19(2)11-12-20(24)3)27-26(23)22-9-7-6-8-10-22/h6-13,18,21H,5,14-17H2,1-4H3/t21-/m1/s1. The lowest BCUT2D eigenvalue weighted by Crippen LogP contribution is -2.28. The molecule has 1 fully saturated rings. The molecule has 3 aromatic rings. The summed E-state index contributed by atoms with van der Waals surface area (Å²) in [7, 11) is 2.14. The van der Waals surface area contributed by atoms with Crippen molar-refractivity contribution < 1.29 is 4.79 Å². The average Bonchev–Trinajstić information content (AvgIpc) is 3.33. The highest BCUT2D eigenvalue weighted by molar-refractivity contribution is 5.78. The van der Waals surface area contributed by atoms with E-state index in [9.17, 15) is 4.79 Å². The number of amides is 1. The van der Waals surface area contributed by atoms with E-state index in [0.29, 0.717) is 12.3 Å². The monoisotopic (exact) mass is 416 g/mol. The fourth-order valence-corrected chi connectivity index (χ4v) is 4.53. The number of nitrogens with zero attached hydrogens (tertiary/aromatic N) is 4. The molecule has 1 amide bonds. The molecule has 1 aromatic heterocycles. The van der Waals surface area contributed by atoms with Crippen molar-refractivity contribution in [2.45, 2.75) is 33.7 Å². The maximum absolute atomic E-state index is 12.1. The van der Waals surface area contributed by atoms with Gasteiger partial charge in [-0.15, -0.1) is 0 Å². The Morgan fingerprint density at radius 3 is 2.61 bits per heavy atom. The fourth-order valence-electron chi connectivity index (χ4n) is 4.53. The molecule has 0 radical (unpaired) electrons. The number of aryl methyl sites for hydroxylation is 2. The van der Waals surface area contributed by atoms with Crippen LogP contribution in [0.4, 0.5) is 0 Å². The molecule has 4 rings (SSSR count). The number of hydrogen-bond donors (Lipinski definition) is 0. The zero-order valence-electron chi connectivity index (χ0n) is 19.0. The summed E-state index contributed by atoms with van der Waals surface area (Å²) in [6.45, 7) is 9.67.